The molecule has 3 N–H and O–H groups in total. The van der Waals surface area contributed by atoms with Gasteiger partial charge in [-0.1, -0.05) is 18.2 Å². The van der Waals surface area contributed by atoms with Crippen LogP contribution in [0.3, 0.4) is 0 Å². The van der Waals surface area contributed by atoms with Gasteiger partial charge in [0.15, 0.2) is 11.5 Å². The van der Waals surface area contributed by atoms with Gasteiger partial charge in [0, 0.05) is 36.2 Å². The van der Waals surface area contributed by atoms with Crippen molar-refractivity contribution in [3.05, 3.63) is 77.4 Å². The van der Waals surface area contributed by atoms with Crippen molar-refractivity contribution in [1.82, 2.24) is 10.2 Å². The van der Waals surface area contributed by atoms with E-state index in [0.717, 1.165) is 5.56 Å². The number of amides is 2. The average Bonchev–Trinajstić information content (AvgIpc) is 3.39. The summed E-state index contributed by atoms with van der Waals surface area (Å²) in [7, 11) is 3.03. The van der Waals surface area contributed by atoms with E-state index in [1.165, 1.54) is 13.2 Å². The Morgan fingerprint density at radius 2 is 2.00 bits per heavy atom. The van der Waals surface area contributed by atoms with Crippen LogP contribution >= 0.6 is 0 Å². The van der Waals surface area contributed by atoms with Gasteiger partial charge in [0.25, 0.3) is 0 Å². The fourth-order valence-electron chi connectivity index (χ4n) is 5.45. The molecule has 0 bridgehead atoms. The van der Waals surface area contributed by atoms with E-state index in [1.807, 2.05) is 24.3 Å². The molecule has 218 valence electrons. The fourth-order valence-corrected chi connectivity index (χ4v) is 5.45. The molecule has 2 aliphatic rings. The van der Waals surface area contributed by atoms with E-state index < -0.39 is 30.1 Å². The highest BCUT2D eigenvalue weighted by molar-refractivity contribution is 5.96. The third-order valence-electron chi connectivity index (χ3n) is 7.43. The quantitative estimate of drug-likeness (QED) is 0.249. The van der Waals surface area contributed by atoms with E-state index in [0.29, 0.717) is 47.5 Å². The number of benzene rings is 2. The summed E-state index contributed by atoms with van der Waals surface area (Å²) in [5.74, 6) is -0.0881. The second kappa shape index (κ2) is 13.5. The molecule has 1 aliphatic carbocycles. The number of aldehydes is 1. The lowest BCUT2D eigenvalue weighted by atomic mass is 9.77. The van der Waals surface area contributed by atoms with Crippen molar-refractivity contribution in [2.75, 3.05) is 33.9 Å². The van der Waals surface area contributed by atoms with Crippen LogP contribution in [-0.2, 0) is 16.0 Å². The lowest BCUT2D eigenvalue weighted by Gasteiger charge is -2.41. The monoisotopic (exact) mass is 564 g/mol. The summed E-state index contributed by atoms with van der Waals surface area (Å²) >= 11 is 0. The lowest BCUT2D eigenvalue weighted by molar-refractivity contribution is -0.137. The van der Waals surface area contributed by atoms with Crippen LogP contribution < -0.4 is 19.5 Å². The molecule has 4 atom stereocenters. The van der Waals surface area contributed by atoms with Gasteiger partial charge < -0.3 is 34.6 Å². The second-order valence-electron chi connectivity index (χ2n) is 9.92. The number of nitrogens with one attached hydrogen (secondary N) is 1. The molecule has 0 aromatic heterocycles. The van der Waals surface area contributed by atoms with Gasteiger partial charge in [-0.05, 0) is 48.7 Å². The van der Waals surface area contributed by atoms with E-state index >= 15 is 0 Å². The molecule has 1 heterocycles. The number of aliphatic hydroxyl groups is 2. The third-order valence-corrected chi connectivity index (χ3v) is 7.43. The van der Waals surface area contributed by atoms with Gasteiger partial charge in [0.05, 0.1) is 32.8 Å². The number of hydrogen-bond donors (Lipinski definition) is 3. The smallest absolute Gasteiger partial charge is 0.247 e. The zero-order valence-corrected chi connectivity index (χ0v) is 23.2. The minimum atomic E-state index is -1.20. The van der Waals surface area contributed by atoms with Crippen molar-refractivity contribution in [2.24, 2.45) is 0 Å². The normalized spacial score (nSPS) is 20.5. The maximum atomic E-state index is 13.5. The molecule has 2 aromatic carbocycles. The zero-order chi connectivity index (χ0) is 29.5. The summed E-state index contributed by atoms with van der Waals surface area (Å²) in [5, 5.41) is 23.7. The Hall–Kier alpha value is -4.15. The van der Waals surface area contributed by atoms with Gasteiger partial charge in [-0.25, -0.2) is 0 Å². The Bertz CT molecular complexity index is 1320. The van der Waals surface area contributed by atoms with Crippen molar-refractivity contribution in [3.8, 4) is 17.2 Å². The van der Waals surface area contributed by atoms with Crippen molar-refractivity contribution in [2.45, 2.75) is 43.4 Å². The number of rotatable bonds is 13. The van der Waals surface area contributed by atoms with E-state index in [9.17, 15) is 24.6 Å². The average molecular weight is 565 g/mol. The Kier molecular flexibility index (Phi) is 9.80. The van der Waals surface area contributed by atoms with Crippen LogP contribution in [0.4, 0.5) is 0 Å². The topological polar surface area (TPSA) is 135 Å². The first-order chi connectivity index (χ1) is 19.9. The minimum absolute atomic E-state index is 0.0179. The van der Waals surface area contributed by atoms with Crippen LogP contribution in [-0.4, -0.2) is 85.4 Å². The predicted molar refractivity (Wildman–Crippen MR) is 151 cm³/mol. The summed E-state index contributed by atoms with van der Waals surface area (Å²) in [6.07, 6.45) is 2.90. The number of ether oxygens (including phenoxy) is 3. The molecule has 0 fully saturated rings. The van der Waals surface area contributed by atoms with Gasteiger partial charge in [-0.3, -0.25) is 14.4 Å². The molecule has 0 saturated heterocycles. The van der Waals surface area contributed by atoms with E-state index in [4.69, 9.17) is 14.2 Å². The van der Waals surface area contributed by atoms with E-state index in [1.54, 1.807) is 30.2 Å². The highest BCUT2D eigenvalue weighted by Crippen LogP contribution is 2.51. The van der Waals surface area contributed by atoms with E-state index in [2.05, 4.69) is 11.9 Å². The summed E-state index contributed by atoms with van der Waals surface area (Å²) in [4.78, 5) is 40.2. The van der Waals surface area contributed by atoms with Crippen LogP contribution in [0.25, 0.3) is 0 Å². The Morgan fingerprint density at radius 1 is 1.20 bits per heavy atom. The Morgan fingerprint density at radius 3 is 2.68 bits per heavy atom. The number of fused-ring (bicyclic) bond motifs is 3. The number of carbonyl (C=O) groups excluding carboxylic acids is 3. The molecule has 4 rings (SSSR count). The fraction of sp³-hybridized carbons (Fsp3) is 0.387. The number of allylic oxidation sites excluding steroid dienone is 1. The van der Waals surface area contributed by atoms with Crippen LogP contribution in [0.2, 0.25) is 0 Å². The minimum Gasteiger partial charge on any atom is -0.497 e. The van der Waals surface area contributed by atoms with Crippen LogP contribution in [0.1, 0.15) is 40.2 Å². The Labute approximate surface area is 239 Å². The molecule has 2 amide bonds. The van der Waals surface area contributed by atoms with Crippen LogP contribution in [0.5, 0.6) is 17.2 Å². The maximum Gasteiger partial charge on any atom is 0.247 e. The third kappa shape index (κ3) is 6.28. The van der Waals surface area contributed by atoms with Gasteiger partial charge in [-0.15, -0.1) is 6.58 Å². The number of methoxy groups -OCH3 is 2. The number of nitrogens with zero attached hydrogens (tertiary/aromatic N) is 1. The zero-order valence-electron chi connectivity index (χ0n) is 23.2. The summed E-state index contributed by atoms with van der Waals surface area (Å²) in [6, 6.07) is 9.77. The van der Waals surface area contributed by atoms with Crippen molar-refractivity contribution in [3.63, 3.8) is 0 Å². The molecule has 10 nitrogen and oxygen atoms in total. The first kappa shape index (κ1) is 29.8. The SMILES string of the molecule is C=CCCC(=O)N(CCc1cccc(OC)c1)C1C=C(C(=O)NCCO)C2c3cc(C=O)cc(OC)c3OC2C1O. The van der Waals surface area contributed by atoms with Crippen molar-refractivity contribution >= 4 is 18.1 Å². The van der Waals surface area contributed by atoms with Crippen molar-refractivity contribution < 1.29 is 38.8 Å². The van der Waals surface area contributed by atoms with Crippen LogP contribution in [0.15, 0.2) is 60.7 Å². The maximum absolute atomic E-state index is 13.5. The van der Waals surface area contributed by atoms with Gasteiger partial charge in [-0.2, -0.15) is 0 Å². The molecule has 0 saturated carbocycles. The van der Waals surface area contributed by atoms with Crippen molar-refractivity contribution in [1.29, 1.82) is 0 Å². The van der Waals surface area contributed by atoms with Gasteiger partial charge in [0.2, 0.25) is 11.8 Å². The van der Waals surface area contributed by atoms with E-state index in [-0.39, 0.29) is 37.6 Å². The summed E-state index contributed by atoms with van der Waals surface area (Å²) in [6.45, 7) is 3.73. The molecule has 0 spiro atoms. The molecule has 10 heteroatoms. The van der Waals surface area contributed by atoms with Crippen LogP contribution in [0, 0.1) is 0 Å². The van der Waals surface area contributed by atoms with Gasteiger partial charge >= 0.3 is 0 Å². The summed E-state index contributed by atoms with van der Waals surface area (Å²) in [5.41, 5.74) is 2.07. The largest absolute Gasteiger partial charge is 0.497 e. The molecule has 1 aliphatic heterocycles. The molecule has 2 aromatic rings. The standard InChI is InChI=1S/C31H36N2O8/c1-4-5-9-26(36)33(12-10-19-7-6-8-21(14-19)39-2)24-17-23(31(38)32-11-13-34)27-22-15-20(18-35)16-25(40-3)29(22)41-30(27)28(24)37/h4,6-8,14-18,24,27-28,30,34,37H,1,5,9-13H2,2-3H3,(H,32,38). The predicted octanol–water partition coefficient (Wildman–Crippen LogP) is 2.18. The molecule has 4 unspecified atom stereocenters. The molecule has 41 heavy (non-hydrogen) atoms. The van der Waals surface area contributed by atoms with Gasteiger partial charge in [0.1, 0.15) is 24.2 Å². The molecule has 0 radical (unpaired) electrons. The number of hydrogen-bond acceptors (Lipinski definition) is 8. The molecular weight excluding hydrogens is 528 g/mol. The summed E-state index contributed by atoms with van der Waals surface area (Å²) < 4.78 is 17.0. The number of carbonyl (C=O) groups is 3. The number of aliphatic hydroxyl groups excluding tert-OH is 2. The highest BCUT2D eigenvalue weighted by atomic mass is 16.5. The molecular formula is C31H36N2O8. The first-order valence-electron chi connectivity index (χ1n) is 13.5. The Balaban J connectivity index is 1.76. The highest BCUT2D eigenvalue weighted by Gasteiger charge is 2.51. The lowest BCUT2D eigenvalue weighted by Crippen LogP contribution is -2.56. The first-order valence-corrected chi connectivity index (χ1v) is 13.5. The second-order valence-corrected chi connectivity index (χ2v) is 9.92.